The standard InChI is InChI=1S/C19H24N2O3/c1-2-21-11-8-16(9-12-21)20-19(22)18-15(10-13-23-18)14-24-17-6-4-3-5-7-17/h3-7,10,13,16H,2,8-9,11-12,14H2,1H3,(H,20,22). The number of carbonyl (C=O) groups excluding carboxylic acids is 1. The zero-order valence-electron chi connectivity index (χ0n) is 14.0. The Kier molecular flexibility index (Phi) is 5.54. The van der Waals surface area contributed by atoms with E-state index in [-0.39, 0.29) is 11.9 Å². The van der Waals surface area contributed by atoms with Gasteiger partial charge < -0.3 is 19.4 Å². The molecule has 1 aromatic heterocycles. The number of nitrogens with zero attached hydrogens (tertiary/aromatic N) is 1. The Morgan fingerprint density at radius 1 is 1.25 bits per heavy atom. The van der Waals surface area contributed by atoms with Crippen LogP contribution in [-0.2, 0) is 6.61 Å². The smallest absolute Gasteiger partial charge is 0.287 e. The van der Waals surface area contributed by atoms with Gasteiger partial charge in [-0.25, -0.2) is 0 Å². The molecule has 1 amide bonds. The number of furan rings is 1. The Bertz CT molecular complexity index is 646. The van der Waals surface area contributed by atoms with Gasteiger partial charge >= 0.3 is 0 Å². The number of hydrogen-bond donors (Lipinski definition) is 1. The Morgan fingerprint density at radius 3 is 2.71 bits per heavy atom. The van der Waals surface area contributed by atoms with E-state index < -0.39 is 0 Å². The lowest BCUT2D eigenvalue weighted by atomic mass is 10.0. The molecule has 2 heterocycles. The molecular formula is C19H24N2O3. The number of nitrogens with one attached hydrogen (secondary N) is 1. The van der Waals surface area contributed by atoms with Crippen molar-refractivity contribution in [1.29, 1.82) is 0 Å². The second-order valence-electron chi connectivity index (χ2n) is 6.06. The lowest BCUT2D eigenvalue weighted by Gasteiger charge is -2.31. The van der Waals surface area contributed by atoms with E-state index in [1.807, 2.05) is 30.3 Å². The minimum atomic E-state index is -0.151. The van der Waals surface area contributed by atoms with Gasteiger partial charge in [-0.2, -0.15) is 0 Å². The van der Waals surface area contributed by atoms with Crippen molar-refractivity contribution in [2.24, 2.45) is 0 Å². The topological polar surface area (TPSA) is 54.7 Å². The Hall–Kier alpha value is -2.27. The zero-order valence-corrected chi connectivity index (χ0v) is 14.0. The van der Waals surface area contributed by atoms with E-state index in [0.717, 1.165) is 43.8 Å². The number of carbonyl (C=O) groups is 1. The first kappa shape index (κ1) is 16.6. The average Bonchev–Trinajstić information content (AvgIpc) is 3.10. The van der Waals surface area contributed by atoms with Gasteiger partial charge in [0, 0.05) is 24.7 Å². The van der Waals surface area contributed by atoms with Crippen LogP contribution in [0.5, 0.6) is 5.75 Å². The molecule has 24 heavy (non-hydrogen) atoms. The fraction of sp³-hybridized carbons (Fsp3) is 0.421. The van der Waals surface area contributed by atoms with Crippen LogP contribution >= 0.6 is 0 Å². The number of hydrogen-bond acceptors (Lipinski definition) is 4. The number of piperidine rings is 1. The second-order valence-corrected chi connectivity index (χ2v) is 6.06. The van der Waals surface area contributed by atoms with E-state index in [4.69, 9.17) is 9.15 Å². The third kappa shape index (κ3) is 4.17. The molecule has 0 spiro atoms. The molecule has 0 atom stereocenters. The van der Waals surface area contributed by atoms with E-state index in [2.05, 4.69) is 17.1 Å². The maximum atomic E-state index is 12.5. The van der Waals surface area contributed by atoms with Crippen molar-refractivity contribution in [2.75, 3.05) is 19.6 Å². The highest BCUT2D eigenvalue weighted by Gasteiger charge is 2.23. The van der Waals surface area contributed by atoms with Gasteiger partial charge in [-0.3, -0.25) is 4.79 Å². The normalized spacial score (nSPS) is 16.0. The van der Waals surface area contributed by atoms with Crippen LogP contribution in [0.2, 0.25) is 0 Å². The highest BCUT2D eigenvalue weighted by molar-refractivity contribution is 5.93. The van der Waals surface area contributed by atoms with Crippen LogP contribution in [0, 0.1) is 0 Å². The molecule has 1 aliphatic heterocycles. The summed E-state index contributed by atoms with van der Waals surface area (Å²) in [5.41, 5.74) is 0.766. The minimum Gasteiger partial charge on any atom is -0.489 e. The molecule has 0 aliphatic carbocycles. The maximum Gasteiger partial charge on any atom is 0.287 e. The van der Waals surface area contributed by atoms with Crippen molar-refractivity contribution in [3.63, 3.8) is 0 Å². The molecule has 1 aromatic carbocycles. The molecule has 1 fully saturated rings. The quantitative estimate of drug-likeness (QED) is 0.885. The summed E-state index contributed by atoms with van der Waals surface area (Å²) in [6, 6.07) is 11.6. The molecule has 0 radical (unpaired) electrons. The van der Waals surface area contributed by atoms with Crippen LogP contribution in [0.1, 0.15) is 35.9 Å². The minimum absolute atomic E-state index is 0.151. The van der Waals surface area contributed by atoms with Crippen molar-refractivity contribution >= 4 is 5.91 Å². The van der Waals surface area contributed by atoms with Gasteiger partial charge in [0.05, 0.1) is 6.26 Å². The summed E-state index contributed by atoms with van der Waals surface area (Å²) in [7, 11) is 0. The van der Waals surface area contributed by atoms with Crippen LogP contribution in [0.25, 0.3) is 0 Å². The highest BCUT2D eigenvalue weighted by Crippen LogP contribution is 2.17. The predicted octanol–water partition coefficient (Wildman–Crippen LogP) is 3.07. The van der Waals surface area contributed by atoms with E-state index in [1.54, 1.807) is 6.07 Å². The number of rotatable bonds is 6. The lowest BCUT2D eigenvalue weighted by Crippen LogP contribution is -2.44. The second kappa shape index (κ2) is 8.02. The first-order chi connectivity index (χ1) is 11.8. The molecule has 2 aromatic rings. The van der Waals surface area contributed by atoms with Gasteiger partial charge in [-0.05, 0) is 37.6 Å². The molecule has 5 heteroatoms. The van der Waals surface area contributed by atoms with Gasteiger partial charge in [0.15, 0.2) is 5.76 Å². The average molecular weight is 328 g/mol. The molecule has 0 saturated carbocycles. The number of amides is 1. The number of likely N-dealkylation sites (tertiary alicyclic amines) is 1. The molecule has 5 nitrogen and oxygen atoms in total. The summed E-state index contributed by atoms with van der Waals surface area (Å²) in [6.07, 6.45) is 3.50. The molecule has 1 saturated heterocycles. The van der Waals surface area contributed by atoms with Crippen molar-refractivity contribution in [3.05, 3.63) is 54.0 Å². The van der Waals surface area contributed by atoms with Gasteiger partial charge in [-0.15, -0.1) is 0 Å². The summed E-state index contributed by atoms with van der Waals surface area (Å²) in [4.78, 5) is 14.9. The van der Waals surface area contributed by atoms with Gasteiger partial charge in [-0.1, -0.05) is 25.1 Å². The Balaban J connectivity index is 1.55. The third-order valence-electron chi connectivity index (χ3n) is 4.46. The fourth-order valence-corrected chi connectivity index (χ4v) is 2.97. The summed E-state index contributed by atoms with van der Waals surface area (Å²) in [6.45, 7) is 5.62. The molecule has 1 N–H and O–H groups in total. The van der Waals surface area contributed by atoms with E-state index in [1.165, 1.54) is 6.26 Å². The Labute approximate surface area is 142 Å². The number of ether oxygens (including phenoxy) is 1. The molecule has 3 rings (SSSR count). The molecule has 0 bridgehead atoms. The number of benzene rings is 1. The monoisotopic (exact) mass is 328 g/mol. The SMILES string of the molecule is CCN1CCC(NC(=O)c2occc2COc2ccccc2)CC1. The predicted molar refractivity (Wildman–Crippen MR) is 92.1 cm³/mol. The van der Waals surface area contributed by atoms with Gasteiger partial charge in [0.1, 0.15) is 12.4 Å². The molecular weight excluding hydrogens is 304 g/mol. The molecule has 1 aliphatic rings. The largest absolute Gasteiger partial charge is 0.489 e. The van der Waals surface area contributed by atoms with Crippen molar-refractivity contribution in [1.82, 2.24) is 10.2 Å². The summed E-state index contributed by atoms with van der Waals surface area (Å²) >= 11 is 0. The third-order valence-corrected chi connectivity index (χ3v) is 4.46. The van der Waals surface area contributed by atoms with Crippen molar-refractivity contribution in [2.45, 2.75) is 32.4 Å². The maximum absolute atomic E-state index is 12.5. The fourth-order valence-electron chi connectivity index (χ4n) is 2.97. The molecule has 0 unspecified atom stereocenters. The summed E-state index contributed by atoms with van der Waals surface area (Å²) in [5.74, 6) is 0.974. The van der Waals surface area contributed by atoms with Crippen LogP contribution in [-0.4, -0.2) is 36.5 Å². The van der Waals surface area contributed by atoms with Crippen molar-refractivity contribution in [3.8, 4) is 5.75 Å². The van der Waals surface area contributed by atoms with Crippen LogP contribution < -0.4 is 10.1 Å². The summed E-state index contributed by atoms with van der Waals surface area (Å²) in [5, 5.41) is 3.09. The first-order valence-electron chi connectivity index (χ1n) is 8.53. The number of para-hydroxylation sites is 1. The van der Waals surface area contributed by atoms with E-state index in [0.29, 0.717) is 12.4 Å². The van der Waals surface area contributed by atoms with Crippen LogP contribution in [0.15, 0.2) is 47.1 Å². The van der Waals surface area contributed by atoms with Crippen LogP contribution in [0.3, 0.4) is 0 Å². The molecule has 128 valence electrons. The van der Waals surface area contributed by atoms with Crippen molar-refractivity contribution < 1.29 is 13.9 Å². The van der Waals surface area contributed by atoms with E-state index in [9.17, 15) is 4.79 Å². The summed E-state index contributed by atoms with van der Waals surface area (Å²) < 4.78 is 11.1. The highest BCUT2D eigenvalue weighted by atomic mass is 16.5. The van der Waals surface area contributed by atoms with E-state index >= 15 is 0 Å². The zero-order chi connectivity index (χ0) is 16.8. The first-order valence-corrected chi connectivity index (χ1v) is 8.53. The lowest BCUT2D eigenvalue weighted by molar-refractivity contribution is 0.0881. The van der Waals surface area contributed by atoms with Crippen LogP contribution in [0.4, 0.5) is 0 Å². The Morgan fingerprint density at radius 2 is 2.00 bits per heavy atom. The van der Waals surface area contributed by atoms with Gasteiger partial charge in [0.2, 0.25) is 0 Å². The van der Waals surface area contributed by atoms with Gasteiger partial charge in [0.25, 0.3) is 5.91 Å².